The maximum Gasteiger partial charge on any atom is 0.274 e. The Bertz CT molecular complexity index is 588. The monoisotopic (exact) mass is 292 g/mol. The van der Waals surface area contributed by atoms with Gasteiger partial charge in [-0.05, 0) is 12.5 Å². The van der Waals surface area contributed by atoms with Crippen molar-refractivity contribution in [2.24, 2.45) is 0 Å². The average Bonchev–Trinajstić information content (AvgIpc) is 2.49. The van der Waals surface area contributed by atoms with E-state index >= 15 is 0 Å². The Hall–Kier alpha value is -2.18. The van der Waals surface area contributed by atoms with Gasteiger partial charge in [0.2, 0.25) is 5.91 Å². The number of hydrogen-bond acceptors (Lipinski definition) is 4. The van der Waals surface area contributed by atoms with E-state index in [4.69, 9.17) is 0 Å². The summed E-state index contributed by atoms with van der Waals surface area (Å²) in [5.74, 6) is -0.167. The smallest absolute Gasteiger partial charge is 0.274 e. The number of rotatable bonds is 3. The Kier molecular flexibility index (Phi) is 4.72. The molecule has 2 heterocycles. The van der Waals surface area contributed by atoms with Gasteiger partial charge in [-0.15, -0.1) is 0 Å². The van der Waals surface area contributed by atoms with Crippen molar-refractivity contribution in [1.29, 1.82) is 0 Å². The summed E-state index contributed by atoms with van der Waals surface area (Å²) in [4.78, 5) is 38.7. The maximum atomic E-state index is 12.4. The third-order valence-electron chi connectivity index (χ3n) is 3.53. The van der Waals surface area contributed by atoms with Crippen LogP contribution in [0.25, 0.3) is 0 Å². The zero-order valence-corrected chi connectivity index (χ0v) is 12.4. The van der Waals surface area contributed by atoms with Crippen molar-refractivity contribution in [2.45, 2.75) is 26.8 Å². The van der Waals surface area contributed by atoms with Crippen LogP contribution in [-0.4, -0.2) is 57.6 Å². The van der Waals surface area contributed by atoms with Crippen LogP contribution < -0.4 is 5.56 Å². The minimum atomic E-state index is -0.199. The normalized spacial score (nSPS) is 15.1. The molecule has 114 valence electrons. The Morgan fingerprint density at radius 3 is 2.33 bits per heavy atom. The first-order valence-corrected chi connectivity index (χ1v) is 7.16. The molecule has 0 atom stereocenters. The predicted molar refractivity (Wildman–Crippen MR) is 76.9 cm³/mol. The first-order valence-electron chi connectivity index (χ1n) is 7.16. The van der Waals surface area contributed by atoms with Crippen molar-refractivity contribution in [1.82, 2.24) is 19.6 Å². The molecule has 0 radical (unpaired) electrons. The highest BCUT2D eigenvalue weighted by molar-refractivity contribution is 5.92. The van der Waals surface area contributed by atoms with Gasteiger partial charge in [0.05, 0.1) is 0 Å². The van der Waals surface area contributed by atoms with E-state index in [2.05, 4.69) is 5.10 Å². The number of piperazine rings is 1. The summed E-state index contributed by atoms with van der Waals surface area (Å²) < 4.78 is 1.32. The van der Waals surface area contributed by atoms with E-state index < -0.39 is 0 Å². The number of carbonyl (C=O) groups excluding carboxylic acids is 2. The molecule has 21 heavy (non-hydrogen) atoms. The van der Waals surface area contributed by atoms with Crippen LogP contribution in [0.1, 0.15) is 30.8 Å². The van der Waals surface area contributed by atoms with Crippen LogP contribution in [0, 0.1) is 0 Å². The molecule has 1 fully saturated rings. The summed E-state index contributed by atoms with van der Waals surface area (Å²) in [6.07, 6.45) is 0.780. The molecule has 1 aromatic heterocycles. The Labute approximate surface area is 123 Å². The second-order valence-electron chi connectivity index (χ2n) is 5.08. The summed E-state index contributed by atoms with van der Waals surface area (Å²) in [5, 5.41) is 4.12. The van der Waals surface area contributed by atoms with Gasteiger partial charge >= 0.3 is 0 Å². The summed E-state index contributed by atoms with van der Waals surface area (Å²) in [6, 6.07) is 2.84. The third-order valence-corrected chi connectivity index (χ3v) is 3.53. The van der Waals surface area contributed by atoms with E-state index in [9.17, 15) is 14.4 Å². The van der Waals surface area contributed by atoms with Crippen molar-refractivity contribution < 1.29 is 9.59 Å². The number of aryl methyl sites for hydroxylation is 1. The van der Waals surface area contributed by atoms with Crippen LogP contribution in [0.5, 0.6) is 0 Å². The lowest BCUT2D eigenvalue weighted by molar-refractivity contribution is -0.130. The highest BCUT2D eigenvalue weighted by Gasteiger charge is 2.24. The van der Waals surface area contributed by atoms with Crippen LogP contribution in [0.2, 0.25) is 0 Å². The zero-order chi connectivity index (χ0) is 15.4. The van der Waals surface area contributed by atoms with Gasteiger partial charge in [0.25, 0.3) is 11.5 Å². The summed E-state index contributed by atoms with van der Waals surface area (Å²) in [6.45, 7) is 6.03. The van der Waals surface area contributed by atoms with Gasteiger partial charge in [-0.3, -0.25) is 14.4 Å². The second kappa shape index (κ2) is 6.51. The first-order chi connectivity index (χ1) is 10.0. The summed E-state index contributed by atoms with van der Waals surface area (Å²) >= 11 is 0. The average molecular weight is 292 g/mol. The third kappa shape index (κ3) is 3.48. The van der Waals surface area contributed by atoms with Crippen LogP contribution in [0.4, 0.5) is 0 Å². The van der Waals surface area contributed by atoms with Gasteiger partial charge in [-0.1, -0.05) is 6.92 Å². The second-order valence-corrected chi connectivity index (χ2v) is 5.08. The number of amides is 2. The lowest BCUT2D eigenvalue weighted by Crippen LogP contribution is -2.50. The van der Waals surface area contributed by atoms with Crippen LogP contribution in [-0.2, 0) is 11.3 Å². The molecule has 0 saturated carbocycles. The fourth-order valence-corrected chi connectivity index (χ4v) is 2.32. The molecule has 7 nitrogen and oxygen atoms in total. The SMILES string of the molecule is CCCn1nc(C(=O)N2CCN(C(C)=O)CC2)ccc1=O. The lowest BCUT2D eigenvalue weighted by atomic mass is 10.2. The molecule has 0 unspecified atom stereocenters. The molecule has 0 aromatic carbocycles. The summed E-state index contributed by atoms with van der Waals surface area (Å²) in [5.41, 5.74) is 0.0779. The fourth-order valence-electron chi connectivity index (χ4n) is 2.32. The maximum absolute atomic E-state index is 12.4. The van der Waals surface area contributed by atoms with E-state index in [0.29, 0.717) is 32.7 Å². The molecule has 1 aliphatic heterocycles. The molecule has 2 amide bonds. The zero-order valence-electron chi connectivity index (χ0n) is 12.4. The fraction of sp³-hybridized carbons (Fsp3) is 0.571. The quantitative estimate of drug-likeness (QED) is 0.783. The Morgan fingerprint density at radius 1 is 1.14 bits per heavy atom. The molecule has 1 aliphatic rings. The largest absolute Gasteiger partial charge is 0.339 e. The minimum absolute atomic E-state index is 0.0247. The molecular formula is C14H20N4O3. The highest BCUT2D eigenvalue weighted by Crippen LogP contribution is 2.06. The minimum Gasteiger partial charge on any atom is -0.339 e. The number of aromatic nitrogens is 2. The molecule has 1 aromatic rings. The summed E-state index contributed by atoms with van der Waals surface area (Å²) in [7, 11) is 0. The topological polar surface area (TPSA) is 75.5 Å². The van der Waals surface area contributed by atoms with Crippen molar-refractivity contribution >= 4 is 11.8 Å². The standard InChI is InChI=1S/C14H20N4O3/c1-3-6-18-13(20)5-4-12(15-18)14(21)17-9-7-16(8-10-17)11(2)19/h4-5H,3,6-10H2,1-2H3. The molecule has 7 heteroatoms. The van der Waals surface area contributed by atoms with Gasteiger partial charge in [0.1, 0.15) is 5.69 Å². The van der Waals surface area contributed by atoms with Crippen LogP contribution in [0.3, 0.4) is 0 Å². The molecular weight excluding hydrogens is 272 g/mol. The van der Waals surface area contributed by atoms with E-state index in [1.54, 1.807) is 9.80 Å². The van der Waals surface area contributed by atoms with Crippen molar-refractivity contribution in [3.8, 4) is 0 Å². The number of nitrogens with zero attached hydrogens (tertiary/aromatic N) is 4. The van der Waals surface area contributed by atoms with Gasteiger partial charge in [0.15, 0.2) is 0 Å². The van der Waals surface area contributed by atoms with Gasteiger partial charge in [-0.2, -0.15) is 5.10 Å². The molecule has 2 rings (SSSR count). The number of hydrogen-bond donors (Lipinski definition) is 0. The van der Waals surface area contributed by atoms with Crippen LogP contribution >= 0.6 is 0 Å². The Balaban J connectivity index is 2.09. The highest BCUT2D eigenvalue weighted by atomic mass is 16.2. The molecule has 0 N–H and O–H groups in total. The van der Waals surface area contributed by atoms with E-state index in [-0.39, 0.29) is 23.1 Å². The van der Waals surface area contributed by atoms with Gasteiger partial charge in [0, 0.05) is 45.7 Å². The lowest BCUT2D eigenvalue weighted by Gasteiger charge is -2.34. The van der Waals surface area contributed by atoms with E-state index in [0.717, 1.165) is 6.42 Å². The molecule has 0 spiro atoms. The molecule has 1 saturated heterocycles. The Morgan fingerprint density at radius 2 is 1.76 bits per heavy atom. The predicted octanol–water partition coefficient (Wildman–Crippen LogP) is -0.0424. The number of carbonyl (C=O) groups is 2. The van der Waals surface area contributed by atoms with Gasteiger partial charge in [-0.25, -0.2) is 4.68 Å². The van der Waals surface area contributed by atoms with Crippen molar-refractivity contribution in [3.63, 3.8) is 0 Å². The molecule has 0 bridgehead atoms. The van der Waals surface area contributed by atoms with Crippen LogP contribution in [0.15, 0.2) is 16.9 Å². The first kappa shape index (κ1) is 15.2. The van der Waals surface area contributed by atoms with Gasteiger partial charge < -0.3 is 9.80 Å². The van der Waals surface area contributed by atoms with E-state index in [1.807, 2.05) is 6.92 Å². The molecule has 0 aliphatic carbocycles. The van der Waals surface area contributed by atoms with E-state index in [1.165, 1.54) is 23.7 Å². The van der Waals surface area contributed by atoms with Crippen molar-refractivity contribution in [2.75, 3.05) is 26.2 Å². The van der Waals surface area contributed by atoms with Crippen molar-refractivity contribution in [3.05, 3.63) is 28.2 Å².